The van der Waals surface area contributed by atoms with Crippen LogP contribution in [0.15, 0.2) is 22.9 Å². The lowest BCUT2D eigenvalue weighted by Crippen LogP contribution is -2.13. The molecule has 0 spiro atoms. The second kappa shape index (κ2) is 5.43. The molecule has 0 radical (unpaired) electrons. The number of halogens is 1. The predicted molar refractivity (Wildman–Crippen MR) is 66.3 cm³/mol. The van der Waals surface area contributed by atoms with Crippen molar-refractivity contribution in [3.05, 3.63) is 28.5 Å². The highest BCUT2D eigenvalue weighted by molar-refractivity contribution is 9.10. The third kappa shape index (κ3) is 4.75. The normalized spacial score (nSPS) is 11.2. The molecule has 0 saturated carbocycles. The zero-order valence-corrected chi connectivity index (χ0v) is 11.4. The molecule has 0 aliphatic carbocycles. The van der Waals surface area contributed by atoms with Gasteiger partial charge in [-0.05, 0) is 39.9 Å². The molecule has 3 nitrogen and oxygen atoms in total. The van der Waals surface area contributed by atoms with Gasteiger partial charge >= 0.3 is 5.97 Å². The summed E-state index contributed by atoms with van der Waals surface area (Å²) >= 11 is 3.21. The SMILES string of the molecule is CC(C)(C)CCOC(=O)c1ccnc(Br)c1. The van der Waals surface area contributed by atoms with E-state index in [9.17, 15) is 4.79 Å². The van der Waals surface area contributed by atoms with Crippen molar-refractivity contribution in [2.45, 2.75) is 27.2 Å². The number of rotatable bonds is 3. The second-order valence-corrected chi connectivity index (χ2v) is 5.63. The summed E-state index contributed by atoms with van der Waals surface area (Å²) in [4.78, 5) is 15.6. The molecule has 0 fully saturated rings. The maximum atomic E-state index is 11.6. The molecule has 0 unspecified atom stereocenters. The number of hydrogen-bond acceptors (Lipinski definition) is 3. The number of hydrogen-bond donors (Lipinski definition) is 0. The third-order valence-electron chi connectivity index (χ3n) is 2.05. The molecule has 0 amide bonds. The number of pyridine rings is 1. The van der Waals surface area contributed by atoms with Crippen molar-refractivity contribution in [2.75, 3.05) is 6.61 Å². The van der Waals surface area contributed by atoms with E-state index in [1.54, 1.807) is 18.3 Å². The van der Waals surface area contributed by atoms with Gasteiger partial charge < -0.3 is 4.74 Å². The minimum absolute atomic E-state index is 0.180. The van der Waals surface area contributed by atoms with Gasteiger partial charge in [0.15, 0.2) is 0 Å². The summed E-state index contributed by atoms with van der Waals surface area (Å²) in [7, 11) is 0. The molecule has 16 heavy (non-hydrogen) atoms. The number of esters is 1. The van der Waals surface area contributed by atoms with E-state index in [4.69, 9.17) is 4.74 Å². The van der Waals surface area contributed by atoms with Crippen LogP contribution in [0.4, 0.5) is 0 Å². The van der Waals surface area contributed by atoms with Crippen LogP contribution in [0.25, 0.3) is 0 Å². The predicted octanol–water partition coefficient (Wildman–Crippen LogP) is 3.44. The average molecular weight is 286 g/mol. The highest BCUT2D eigenvalue weighted by Crippen LogP contribution is 2.18. The summed E-state index contributed by atoms with van der Waals surface area (Å²) in [5, 5.41) is 0. The summed E-state index contributed by atoms with van der Waals surface area (Å²) < 4.78 is 5.81. The Morgan fingerprint density at radius 2 is 2.19 bits per heavy atom. The Kier molecular flexibility index (Phi) is 4.47. The Hall–Kier alpha value is -0.900. The van der Waals surface area contributed by atoms with Crippen LogP contribution in [0.2, 0.25) is 0 Å². The number of aromatic nitrogens is 1. The number of carbonyl (C=O) groups is 1. The number of nitrogens with zero attached hydrogens (tertiary/aromatic N) is 1. The van der Waals surface area contributed by atoms with E-state index in [0.29, 0.717) is 16.8 Å². The van der Waals surface area contributed by atoms with Crippen LogP contribution in [-0.4, -0.2) is 17.6 Å². The third-order valence-corrected chi connectivity index (χ3v) is 2.48. The molecule has 0 saturated heterocycles. The minimum atomic E-state index is -0.299. The van der Waals surface area contributed by atoms with E-state index in [1.807, 2.05) is 0 Å². The fraction of sp³-hybridized carbons (Fsp3) is 0.500. The summed E-state index contributed by atoms with van der Waals surface area (Å²) in [6, 6.07) is 3.30. The zero-order valence-electron chi connectivity index (χ0n) is 9.79. The maximum Gasteiger partial charge on any atom is 0.338 e. The van der Waals surface area contributed by atoms with E-state index in [2.05, 4.69) is 41.7 Å². The Morgan fingerprint density at radius 3 is 2.75 bits per heavy atom. The van der Waals surface area contributed by atoms with Crippen molar-refractivity contribution < 1.29 is 9.53 Å². The molecule has 1 heterocycles. The highest BCUT2D eigenvalue weighted by Gasteiger charge is 2.12. The first-order valence-corrected chi connectivity index (χ1v) is 5.96. The monoisotopic (exact) mass is 285 g/mol. The van der Waals surface area contributed by atoms with E-state index >= 15 is 0 Å². The van der Waals surface area contributed by atoms with Gasteiger partial charge in [0.05, 0.1) is 12.2 Å². The van der Waals surface area contributed by atoms with Crippen molar-refractivity contribution >= 4 is 21.9 Å². The summed E-state index contributed by atoms with van der Waals surface area (Å²) in [5.41, 5.74) is 0.704. The van der Waals surface area contributed by atoms with Crippen molar-refractivity contribution in [3.63, 3.8) is 0 Å². The first-order valence-electron chi connectivity index (χ1n) is 5.17. The van der Waals surface area contributed by atoms with Gasteiger partial charge in [0, 0.05) is 6.20 Å². The van der Waals surface area contributed by atoms with Gasteiger partial charge in [0.25, 0.3) is 0 Å². The summed E-state index contributed by atoms with van der Waals surface area (Å²) in [6.07, 6.45) is 2.43. The van der Waals surface area contributed by atoms with E-state index in [1.165, 1.54) is 0 Å². The number of ether oxygens (including phenoxy) is 1. The minimum Gasteiger partial charge on any atom is -0.462 e. The van der Waals surface area contributed by atoms with Crippen LogP contribution in [0.5, 0.6) is 0 Å². The van der Waals surface area contributed by atoms with Gasteiger partial charge in [-0.15, -0.1) is 0 Å². The van der Waals surface area contributed by atoms with Gasteiger partial charge in [0.1, 0.15) is 4.60 Å². The molecule has 0 aliphatic rings. The fourth-order valence-electron chi connectivity index (χ4n) is 1.06. The smallest absolute Gasteiger partial charge is 0.338 e. The second-order valence-electron chi connectivity index (χ2n) is 4.81. The molecule has 0 bridgehead atoms. The van der Waals surface area contributed by atoms with Crippen LogP contribution in [-0.2, 0) is 4.74 Å². The highest BCUT2D eigenvalue weighted by atomic mass is 79.9. The van der Waals surface area contributed by atoms with Gasteiger partial charge in [-0.25, -0.2) is 9.78 Å². The molecular weight excluding hydrogens is 270 g/mol. The summed E-state index contributed by atoms with van der Waals surface area (Å²) in [5.74, 6) is -0.299. The van der Waals surface area contributed by atoms with Gasteiger partial charge in [-0.3, -0.25) is 0 Å². The molecule has 0 aliphatic heterocycles. The van der Waals surface area contributed by atoms with E-state index < -0.39 is 0 Å². The summed E-state index contributed by atoms with van der Waals surface area (Å²) in [6.45, 7) is 6.79. The largest absolute Gasteiger partial charge is 0.462 e. The molecule has 88 valence electrons. The van der Waals surface area contributed by atoms with Gasteiger partial charge in [-0.2, -0.15) is 0 Å². The average Bonchev–Trinajstić information content (AvgIpc) is 2.15. The van der Waals surface area contributed by atoms with Crippen LogP contribution < -0.4 is 0 Å². The lowest BCUT2D eigenvalue weighted by Gasteiger charge is -2.17. The quantitative estimate of drug-likeness (QED) is 0.631. The van der Waals surface area contributed by atoms with Crippen LogP contribution in [0.3, 0.4) is 0 Å². The Labute approximate surface area is 104 Å². The first kappa shape index (κ1) is 13.2. The number of carbonyl (C=O) groups excluding carboxylic acids is 1. The van der Waals surface area contributed by atoms with Crippen molar-refractivity contribution in [3.8, 4) is 0 Å². The Bertz CT molecular complexity index is 372. The van der Waals surface area contributed by atoms with Crippen molar-refractivity contribution in [2.24, 2.45) is 5.41 Å². The molecular formula is C12H16BrNO2. The molecule has 0 atom stereocenters. The lowest BCUT2D eigenvalue weighted by molar-refractivity contribution is 0.0464. The van der Waals surface area contributed by atoms with E-state index in [-0.39, 0.29) is 11.4 Å². The molecule has 4 heteroatoms. The molecule has 0 aromatic carbocycles. The maximum absolute atomic E-state index is 11.6. The van der Waals surface area contributed by atoms with Crippen LogP contribution in [0, 0.1) is 5.41 Å². The Morgan fingerprint density at radius 1 is 1.50 bits per heavy atom. The molecule has 1 rings (SSSR count). The van der Waals surface area contributed by atoms with Gasteiger partial charge in [0.2, 0.25) is 0 Å². The lowest BCUT2D eigenvalue weighted by atomic mass is 9.93. The van der Waals surface area contributed by atoms with Crippen molar-refractivity contribution in [1.29, 1.82) is 0 Å². The van der Waals surface area contributed by atoms with Crippen molar-refractivity contribution in [1.82, 2.24) is 4.98 Å². The molecule has 1 aromatic rings. The molecule has 0 N–H and O–H groups in total. The van der Waals surface area contributed by atoms with Crippen LogP contribution >= 0.6 is 15.9 Å². The Balaban J connectivity index is 2.47. The zero-order chi connectivity index (χ0) is 12.2. The van der Waals surface area contributed by atoms with Crippen LogP contribution in [0.1, 0.15) is 37.6 Å². The standard InChI is InChI=1S/C12H16BrNO2/c1-12(2,3)5-7-16-11(15)9-4-6-14-10(13)8-9/h4,6,8H,5,7H2,1-3H3. The van der Waals surface area contributed by atoms with E-state index in [0.717, 1.165) is 6.42 Å². The topological polar surface area (TPSA) is 39.2 Å². The molecule has 1 aromatic heterocycles. The fourth-order valence-corrected chi connectivity index (χ4v) is 1.43. The van der Waals surface area contributed by atoms with Gasteiger partial charge in [-0.1, -0.05) is 20.8 Å². The first-order chi connectivity index (χ1) is 7.38.